The van der Waals surface area contributed by atoms with Crippen molar-refractivity contribution in [2.75, 3.05) is 30.8 Å². The average molecular weight is 468 g/mol. The predicted molar refractivity (Wildman–Crippen MR) is 121 cm³/mol. The Bertz CT molecular complexity index is 1060. The molecule has 2 amide bonds. The highest BCUT2D eigenvalue weighted by Crippen LogP contribution is 2.29. The minimum absolute atomic E-state index is 0. The average Bonchev–Trinajstić information content (AvgIpc) is 3.12. The zero-order valence-corrected chi connectivity index (χ0v) is 19.0. The van der Waals surface area contributed by atoms with Gasteiger partial charge in [-0.2, -0.15) is 0 Å². The Morgan fingerprint density at radius 1 is 1.13 bits per heavy atom. The van der Waals surface area contributed by atoms with Crippen molar-refractivity contribution >= 4 is 34.0 Å². The van der Waals surface area contributed by atoms with E-state index in [-0.39, 0.29) is 30.3 Å². The van der Waals surface area contributed by atoms with Gasteiger partial charge in [-0.1, -0.05) is 18.2 Å². The molecule has 2 aromatic carbocycles. The molecule has 0 spiro atoms. The Morgan fingerprint density at radius 2 is 1.84 bits per heavy atom. The summed E-state index contributed by atoms with van der Waals surface area (Å²) in [5.41, 5.74) is 2.46. The van der Waals surface area contributed by atoms with Crippen LogP contribution >= 0.6 is 12.4 Å². The summed E-state index contributed by atoms with van der Waals surface area (Å²) in [4.78, 5) is 17.0. The summed E-state index contributed by atoms with van der Waals surface area (Å²) in [5.74, 6) is -0.277. The second-order valence-electron chi connectivity index (χ2n) is 8.05. The molecule has 168 valence electrons. The number of sulfone groups is 1. The van der Waals surface area contributed by atoms with Gasteiger partial charge in [0.15, 0.2) is 9.84 Å². The van der Waals surface area contributed by atoms with Gasteiger partial charge >= 0.3 is 6.03 Å². The van der Waals surface area contributed by atoms with Crippen LogP contribution in [0.2, 0.25) is 0 Å². The molecule has 2 aliphatic rings. The van der Waals surface area contributed by atoms with Gasteiger partial charge in [-0.3, -0.25) is 9.80 Å². The summed E-state index contributed by atoms with van der Waals surface area (Å²) in [7, 11) is -3.26. The molecule has 1 saturated heterocycles. The Kier molecular flexibility index (Phi) is 7.24. The third kappa shape index (κ3) is 5.37. The van der Waals surface area contributed by atoms with Gasteiger partial charge in [0, 0.05) is 44.2 Å². The minimum Gasteiger partial charge on any atom is -0.335 e. The summed E-state index contributed by atoms with van der Waals surface area (Å²) < 4.78 is 37.4. The summed E-state index contributed by atoms with van der Waals surface area (Å²) >= 11 is 0. The minimum atomic E-state index is -3.26. The lowest BCUT2D eigenvalue weighted by molar-refractivity contribution is 0.187. The molecule has 0 unspecified atom stereocenters. The first-order chi connectivity index (χ1) is 14.3. The number of benzene rings is 2. The van der Waals surface area contributed by atoms with Gasteiger partial charge in [-0.15, -0.1) is 12.4 Å². The fourth-order valence-corrected chi connectivity index (χ4v) is 5.24. The number of anilines is 1. The number of urea groups is 1. The van der Waals surface area contributed by atoms with Gasteiger partial charge in [-0.25, -0.2) is 17.6 Å². The molecule has 0 bridgehead atoms. The van der Waals surface area contributed by atoms with E-state index in [9.17, 15) is 17.6 Å². The van der Waals surface area contributed by atoms with Crippen molar-refractivity contribution in [2.45, 2.75) is 36.7 Å². The number of nitrogens with one attached hydrogen (secondary N) is 1. The second kappa shape index (κ2) is 9.54. The number of piperidine rings is 1. The zero-order valence-electron chi connectivity index (χ0n) is 17.4. The Morgan fingerprint density at radius 3 is 2.55 bits per heavy atom. The van der Waals surface area contributed by atoms with E-state index in [0.29, 0.717) is 24.4 Å². The Labute approximate surface area is 188 Å². The van der Waals surface area contributed by atoms with Crippen molar-refractivity contribution in [3.63, 3.8) is 0 Å². The van der Waals surface area contributed by atoms with Crippen LogP contribution < -0.4 is 10.2 Å². The highest BCUT2D eigenvalue weighted by molar-refractivity contribution is 7.90. The van der Waals surface area contributed by atoms with Crippen LogP contribution in [0.1, 0.15) is 24.0 Å². The summed E-state index contributed by atoms with van der Waals surface area (Å²) in [6.45, 7) is 2.70. The quantitative estimate of drug-likeness (QED) is 0.748. The van der Waals surface area contributed by atoms with Gasteiger partial charge in [0.2, 0.25) is 0 Å². The molecule has 1 N–H and O–H groups in total. The number of hydrogen-bond acceptors (Lipinski definition) is 4. The smallest absolute Gasteiger partial charge is 0.322 e. The molecule has 2 aliphatic heterocycles. The number of nitrogens with zero attached hydrogens (tertiary/aromatic N) is 2. The van der Waals surface area contributed by atoms with Crippen LogP contribution in [0.5, 0.6) is 0 Å². The molecular weight excluding hydrogens is 441 g/mol. The van der Waals surface area contributed by atoms with E-state index >= 15 is 0 Å². The van der Waals surface area contributed by atoms with Crippen LogP contribution in [-0.2, 0) is 22.8 Å². The molecule has 6 nitrogen and oxygen atoms in total. The topological polar surface area (TPSA) is 69.7 Å². The molecule has 9 heteroatoms. The molecule has 0 aliphatic carbocycles. The van der Waals surface area contributed by atoms with Crippen molar-refractivity contribution in [1.82, 2.24) is 10.2 Å². The van der Waals surface area contributed by atoms with Gasteiger partial charge in [0.25, 0.3) is 0 Å². The molecule has 2 heterocycles. The standard InChI is InChI=1S/C22H26FN3O3S.ClH/c1-30(28,29)21-5-3-2-4-17(21)15-25-11-9-19(10-12-25)24-22(27)26-13-8-16-14-18(23)6-7-20(16)26;/h2-7,14,19H,8-13,15H2,1H3,(H,24,27);1H. The molecule has 31 heavy (non-hydrogen) atoms. The molecule has 0 atom stereocenters. The van der Waals surface area contributed by atoms with E-state index in [1.54, 1.807) is 23.1 Å². The lowest BCUT2D eigenvalue weighted by atomic mass is 10.0. The maximum atomic E-state index is 13.4. The van der Waals surface area contributed by atoms with Gasteiger partial charge < -0.3 is 5.32 Å². The lowest BCUT2D eigenvalue weighted by Crippen LogP contribution is -2.49. The first-order valence-corrected chi connectivity index (χ1v) is 12.1. The number of likely N-dealkylation sites (tertiary alicyclic amines) is 1. The Balaban J connectivity index is 0.00000272. The summed E-state index contributed by atoms with van der Waals surface area (Å²) in [6, 6.07) is 11.6. The molecule has 2 aromatic rings. The molecular formula is C22H27ClFN3O3S. The van der Waals surface area contributed by atoms with Crippen molar-refractivity contribution in [3.05, 3.63) is 59.4 Å². The van der Waals surface area contributed by atoms with Crippen molar-refractivity contribution < 1.29 is 17.6 Å². The van der Waals surface area contributed by atoms with Crippen LogP contribution in [0, 0.1) is 5.82 Å². The van der Waals surface area contributed by atoms with E-state index in [2.05, 4.69) is 10.2 Å². The fraction of sp³-hybridized carbons (Fsp3) is 0.409. The first kappa shape index (κ1) is 23.5. The summed E-state index contributed by atoms with van der Waals surface area (Å²) in [5, 5.41) is 3.11. The van der Waals surface area contributed by atoms with E-state index in [4.69, 9.17) is 0 Å². The normalized spacial score (nSPS) is 17.2. The highest BCUT2D eigenvalue weighted by atomic mass is 35.5. The van der Waals surface area contributed by atoms with Crippen molar-refractivity contribution in [1.29, 1.82) is 0 Å². The number of amides is 2. The van der Waals surface area contributed by atoms with Crippen LogP contribution in [0.3, 0.4) is 0 Å². The number of rotatable bonds is 4. The molecule has 0 aromatic heterocycles. The number of halogens is 2. The molecule has 4 rings (SSSR count). The van der Waals surface area contributed by atoms with Crippen LogP contribution in [-0.4, -0.2) is 51.3 Å². The van der Waals surface area contributed by atoms with E-state index in [0.717, 1.165) is 42.7 Å². The van der Waals surface area contributed by atoms with Gasteiger partial charge in [-0.05, 0) is 54.7 Å². The predicted octanol–water partition coefficient (Wildman–Crippen LogP) is 3.39. The number of carbonyl (C=O) groups is 1. The fourth-order valence-electron chi connectivity index (χ4n) is 4.31. The summed E-state index contributed by atoms with van der Waals surface area (Å²) in [6.07, 6.45) is 3.50. The van der Waals surface area contributed by atoms with Crippen LogP contribution in [0.15, 0.2) is 47.4 Å². The maximum Gasteiger partial charge on any atom is 0.322 e. The van der Waals surface area contributed by atoms with Crippen LogP contribution in [0.25, 0.3) is 0 Å². The Hall–Kier alpha value is -2.16. The van der Waals surface area contributed by atoms with E-state index in [1.165, 1.54) is 18.4 Å². The van der Waals surface area contributed by atoms with Crippen molar-refractivity contribution in [2.24, 2.45) is 0 Å². The number of hydrogen-bond donors (Lipinski definition) is 1. The lowest BCUT2D eigenvalue weighted by Gasteiger charge is -2.33. The number of fused-ring (bicyclic) bond motifs is 1. The third-order valence-corrected chi connectivity index (χ3v) is 7.06. The maximum absolute atomic E-state index is 13.4. The highest BCUT2D eigenvalue weighted by Gasteiger charge is 2.28. The SMILES string of the molecule is CS(=O)(=O)c1ccccc1CN1CCC(NC(=O)N2CCc3cc(F)ccc32)CC1.Cl. The molecule has 1 fully saturated rings. The van der Waals surface area contributed by atoms with E-state index in [1.807, 2.05) is 12.1 Å². The molecule has 0 radical (unpaired) electrons. The molecule has 0 saturated carbocycles. The number of carbonyl (C=O) groups excluding carboxylic acids is 1. The monoisotopic (exact) mass is 467 g/mol. The van der Waals surface area contributed by atoms with Crippen LogP contribution in [0.4, 0.5) is 14.9 Å². The van der Waals surface area contributed by atoms with E-state index < -0.39 is 9.84 Å². The second-order valence-corrected chi connectivity index (χ2v) is 10.0. The van der Waals surface area contributed by atoms with Gasteiger partial charge in [0.1, 0.15) is 5.82 Å². The van der Waals surface area contributed by atoms with Gasteiger partial charge in [0.05, 0.1) is 4.90 Å². The third-order valence-electron chi connectivity index (χ3n) is 5.86. The zero-order chi connectivity index (χ0) is 21.3. The largest absolute Gasteiger partial charge is 0.335 e. The first-order valence-electron chi connectivity index (χ1n) is 10.2. The van der Waals surface area contributed by atoms with Crippen molar-refractivity contribution in [3.8, 4) is 0 Å².